The van der Waals surface area contributed by atoms with Gasteiger partial charge in [0.15, 0.2) is 5.89 Å². The van der Waals surface area contributed by atoms with Crippen LogP contribution in [0.2, 0.25) is 0 Å². The fourth-order valence-electron chi connectivity index (χ4n) is 6.80. The molecule has 1 aromatic heterocycles. The zero-order valence-corrected chi connectivity index (χ0v) is 28.2. The van der Waals surface area contributed by atoms with E-state index in [0.29, 0.717) is 24.6 Å². The highest BCUT2D eigenvalue weighted by molar-refractivity contribution is 5.88. The third-order valence-corrected chi connectivity index (χ3v) is 10.1. The van der Waals surface area contributed by atoms with E-state index in [1.165, 1.54) is 13.8 Å². The van der Waals surface area contributed by atoms with Crippen molar-refractivity contribution in [2.45, 2.75) is 125 Å². The molecule has 10 nitrogen and oxygen atoms in total. The van der Waals surface area contributed by atoms with E-state index >= 15 is 0 Å². The van der Waals surface area contributed by atoms with Crippen LogP contribution in [0, 0.1) is 30.1 Å². The minimum Gasteiger partial charge on any atom is -0.465 e. The number of oxazole rings is 1. The van der Waals surface area contributed by atoms with Gasteiger partial charge in [0.05, 0.1) is 11.8 Å². The minimum atomic E-state index is -1.10. The van der Waals surface area contributed by atoms with Crippen LogP contribution in [0.3, 0.4) is 0 Å². The Balaban J connectivity index is 2.00. The molecule has 0 aliphatic carbocycles. The number of nitrogens with zero attached hydrogens (tertiary/aromatic N) is 2. The van der Waals surface area contributed by atoms with Crippen LogP contribution in [0.25, 0.3) is 6.08 Å². The lowest BCUT2D eigenvalue weighted by atomic mass is 9.70. The molecule has 8 atom stereocenters. The lowest BCUT2D eigenvalue weighted by Crippen LogP contribution is -2.46. The van der Waals surface area contributed by atoms with Crippen molar-refractivity contribution >= 4 is 29.8 Å². The van der Waals surface area contributed by atoms with Gasteiger partial charge in [-0.15, -0.1) is 0 Å². The molecule has 2 aliphatic rings. The van der Waals surface area contributed by atoms with Gasteiger partial charge < -0.3 is 18.6 Å². The van der Waals surface area contributed by atoms with Gasteiger partial charge >= 0.3 is 17.9 Å². The Hall–Kier alpha value is -3.01. The molecule has 2 fully saturated rings. The third kappa shape index (κ3) is 8.58. The molecule has 10 heteroatoms. The summed E-state index contributed by atoms with van der Waals surface area (Å²) in [6.07, 6.45) is 4.91. The summed E-state index contributed by atoms with van der Waals surface area (Å²) in [5.41, 5.74) is 0.141. The molecule has 3 heterocycles. The fourth-order valence-corrected chi connectivity index (χ4v) is 6.80. The van der Waals surface area contributed by atoms with Gasteiger partial charge in [-0.05, 0) is 57.6 Å². The van der Waals surface area contributed by atoms with Crippen LogP contribution in [0.5, 0.6) is 0 Å². The van der Waals surface area contributed by atoms with E-state index in [2.05, 4.69) is 30.7 Å². The predicted octanol–water partition coefficient (Wildman–Crippen LogP) is 5.70. The standard InChI is InChI=1S/C34H52N2O8/c1-20-12-11-13-34(10)29(36(34)14-15-41-25(6)37)17-28(21(2)16-27-19-42-24(5)35-27)44-31(39)18-30(43-26(7)38)33(8,9)32(40)23(4)22(20)3/h16,19-20,22-23,28-30H,11-15,17-18H2,1-10H3/b21-16+/t20-,22-,23+,28-,29-,30-,34+,36?/m0/s1. The number of hydrogen-bond acceptors (Lipinski definition) is 10. The fraction of sp³-hybridized carbons (Fsp3) is 0.735. The summed E-state index contributed by atoms with van der Waals surface area (Å²) in [5.74, 6) is -0.855. The van der Waals surface area contributed by atoms with Crippen molar-refractivity contribution in [3.8, 4) is 0 Å². The van der Waals surface area contributed by atoms with E-state index in [1.54, 1.807) is 27.0 Å². The Kier molecular flexibility index (Phi) is 11.6. The molecule has 0 aromatic carbocycles. The molecule has 246 valence electrons. The van der Waals surface area contributed by atoms with E-state index in [9.17, 15) is 19.2 Å². The molecule has 2 aliphatic heterocycles. The van der Waals surface area contributed by atoms with Crippen LogP contribution in [0.15, 0.2) is 16.3 Å². The van der Waals surface area contributed by atoms with Crippen molar-refractivity contribution < 1.29 is 37.8 Å². The first-order valence-corrected chi connectivity index (χ1v) is 15.9. The van der Waals surface area contributed by atoms with E-state index in [4.69, 9.17) is 18.6 Å². The number of ether oxygens (including phenoxy) is 3. The Morgan fingerprint density at radius 2 is 1.80 bits per heavy atom. The number of aryl methyl sites for hydroxylation is 1. The Labute approximate surface area is 262 Å². The molecule has 44 heavy (non-hydrogen) atoms. The molecule has 0 spiro atoms. The number of aromatic nitrogens is 1. The Morgan fingerprint density at radius 3 is 2.39 bits per heavy atom. The third-order valence-electron chi connectivity index (χ3n) is 10.1. The Bertz CT molecular complexity index is 1240. The van der Waals surface area contributed by atoms with Gasteiger partial charge in [-0.3, -0.25) is 24.1 Å². The van der Waals surface area contributed by atoms with Crippen LogP contribution in [-0.4, -0.2) is 70.5 Å². The topological polar surface area (TPSA) is 125 Å². The van der Waals surface area contributed by atoms with Gasteiger partial charge in [0.2, 0.25) is 0 Å². The molecule has 0 N–H and O–H groups in total. The highest BCUT2D eigenvalue weighted by Gasteiger charge is 2.58. The molecule has 3 rings (SSSR count). The Morgan fingerprint density at radius 1 is 1.11 bits per heavy atom. The number of carbonyl (C=O) groups excluding carboxylic acids is 4. The maximum absolute atomic E-state index is 13.9. The molecular formula is C34H52N2O8. The number of Topliss-reactive ketones (excluding diaryl/α,β-unsaturated/α-hetero) is 1. The maximum Gasteiger partial charge on any atom is 0.310 e. The van der Waals surface area contributed by atoms with E-state index in [-0.39, 0.29) is 54.1 Å². The molecule has 2 saturated heterocycles. The summed E-state index contributed by atoms with van der Waals surface area (Å²) in [4.78, 5) is 57.8. The smallest absolute Gasteiger partial charge is 0.310 e. The van der Waals surface area contributed by atoms with Gasteiger partial charge in [-0.2, -0.15) is 0 Å². The monoisotopic (exact) mass is 616 g/mol. The highest BCUT2D eigenvalue weighted by Crippen LogP contribution is 2.48. The summed E-state index contributed by atoms with van der Waals surface area (Å²) in [6, 6.07) is 0.0834. The number of esters is 3. The number of carbonyl (C=O) groups is 4. The number of rotatable bonds is 6. The van der Waals surface area contributed by atoms with Crippen LogP contribution < -0.4 is 0 Å². The average molecular weight is 617 g/mol. The molecular weight excluding hydrogens is 564 g/mol. The quantitative estimate of drug-likeness (QED) is 0.223. The molecule has 0 saturated carbocycles. The average Bonchev–Trinajstić information content (AvgIpc) is 3.23. The van der Waals surface area contributed by atoms with Crippen molar-refractivity contribution in [3.63, 3.8) is 0 Å². The largest absolute Gasteiger partial charge is 0.465 e. The van der Waals surface area contributed by atoms with Gasteiger partial charge in [-0.1, -0.05) is 33.6 Å². The lowest BCUT2D eigenvalue weighted by Gasteiger charge is -2.37. The molecule has 1 aromatic rings. The van der Waals surface area contributed by atoms with Crippen molar-refractivity contribution in [1.29, 1.82) is 0 Å². The van der Waals surface area contributed by atoms with E-state index < -0.39 is 29.6 Å². The van der Waals surface area contributed by atoms with Crippen molar-refractivity contribution in [2.75, 3.05) is 13.2 Å². The van der Waals surface area contributed by atoms with Gasteiger partial charge in [-0.25, -0.2) is 4.98 Å². The van der Waals surface area contributed by atoms with E-state index in [0.717, 1.165) is 24.8 Å². The maximum atomic E-state index is 13.9. The normalized spacial score (nSPS) is 33.6. The lowest BCUT2D eigenvalue weighted by molar-refractivity contribution is -0.165. The highest BCUT2D eigenvalue weighted by atomic mass is 16.6. The number of cyclic esters (lactones) is 1. The number of hydrogen-bond donors (Lipinski definition) is 0. The van der Waals surface area contributed by atoms with Crippen LogP contribution >= 0.6 is 0 Å². The summed E-state index contributed by atoms with van der Waals surface area (Å²) in [6.45, 7) is 19.1. The zero-order valence-electron chi connectivity index (χ0n) is 28.2. The summed E-state index contributed by atoms with van der Waals surface area (Å²) in [7, 11) is 0. The molecule has 0 bridgehead atoms. The predicted molar refractivity (Wildman–Crippen MR) is 165 cm³/mol. The second kappa shape index (κ2) is 14.4. The van der Waals surface area contributed by atoms with Crippen LogP contribution in [0.1, 0.15) is 106 Å². The first-order chi connectivity index (χ1) is 20.5. The first kappa shape index (κ1) is 35.5. The SMILES string of the molecule is CC(=O)OCCN1[C@H]2C[C@@H](/C(C)=C/c3coc(C)n3)OC(=O)C[C@H](OC(C)=O)C(C)(C)C(=O)[C@H](C)[C@@H](C)[C@@H](C)CCC[C@]21C. The number of ketones is 1. The molecule has 0 radical (unpaired) electrons. The molecule has 1 unspecified atom stereocenters. The van der Waals surface area contributed by atoms with Gasteiger partial charge in [0, 0.05) is 51.2 Å². The summed E-state index contributed by atoms with van der Waals surface area (Å²) in [5, 5.41) is 0. The van der Waals surface area contributed by atoms with Crippen molar-refractivity contribution in [3.05, 3.63) is 23.4 Å². The summed E-state index contributed by atoms with van der Waals surface area (Å²) >= 11 is 0. The van der Waals surface area contributed by atoms with Crippen LogP contribution in [-0.2, 0) is 33.4 Å². The first-order valence-electron chi connectivity index (χ1n) is 15.9. The van der Waals surface area contributed by atoms with Gasteiger partial charge in [0.1, 0.15) is 36.6 Å². The number of fused-ring (bicyclic) bond motifs is 1. The van der Waals surface area contributed by atoms with Crippen molar-refractivity contribution in [1.82, 2.24) is 9.88 Å². The van der Waals surface area contributed by atoms with E-state index in [1.807, 2.05) is 19.9 Å². The summed E-state index contributed by atoms with van der Waals surface area (Å²) < 4.78 is 22.4. The second-order valence-corrected chi connectivity index (χ2v) is 13.7. The molecule has 0 amide bonds. The zero-order chi connectivity index (χ0) is 33.0. The van der Waals surface area contributed by atoms with Gasteiger partial charge in [0.25, 0.3) is 0 Å². The second-order valence-electron chi connectivity index (χ2n) is 13.7. The van der Waals surface area contributed by atoms with Crippen molar-refractivity contribution in [2.24, 2.45) is 23.2 Å². The van der Waals surface area contributed by atoms with Crippen LogP contribution in [0.4, 0.5) is 0 Å². The minimum absolute atomic E-state index is 0.0390.